The number of rotatable bonds is 7. The quantitative estimate of drug-likeness (QED) is 0.345. The van der Waals surface area contributed by atoms with Gasteiger partial charge in [0.2, 0.25) is 5.88 Å². The first kappa shape index (κ1) is 23.9. The monoisotopic (exact) mass is 468 g/mol. The Hall–Kier alpha value is -4.24. The fourth-order valence-electron chi connectivity index (χ4n) is 4.00. The number of carbonyl (C=O) groups excluding carboxylic acids is 1. The molecule has 0 saturated heterocycles. The van der Waals surface area contributed by atoms with E-state index < -0.39 is 11.9 Å². The van der Waals surface area contributed by atoms with Crippen molar-refractivity contribution in [2.45, 2.75) is 33.1 Å². The maximum Gasteiger partial charge on any atom is 0.343 e. The zero-order valence-corrected chi connectivity index (χ0v) is 20.1. The number of hydrogen-bond donors (Lipinski definition) is 1. The van der Waals surface area contributed by atoms with E-state index in [2.05, 4.69) is 19.9 Å². The molecule has 6 nitrogen and oxygen atoms in total. The smallest absolute Gasteiger partial charge is 0.343 e. The van der Waals surface area contributed by atoms with Crippen LogP contribution in [0.3, 0.4) is 0 Å². The molecule has 0 bridgehead atoms. The Balaban J connectivity index is 1.64. The van der Waals surface area contributed by atoms with Gasteiger partial charge in [-0.2, -0.15) is 5.26 Å². The Bertz CT molecular complexity index is 1320. The summed E-state index contributed by atoms with van der Waals surface area (Å²) < 4.78 is 17.3. The van der Waals surface area contributed by atoms with Gasteiger partial charge in [-0.05, 0) is 54.7 Å². The zero-order chi connectivity index (χ0) is 24.9. The van der Waals surface area contributed by atoms with E-state index in [1.807, 2.05) is 43.3 Å². The molecule has 35 heavy (non-hydrogen) atoms. The molecule has 1 aliphatic heterocycles. The molecule has 1 aliphatic rings. The lowest BCUT2D eigenvalue weighted by molar-refractivity contribution is 0.0733. The van der Waals surface area contributed by atoms with Gasteiger partial charge in [0, 0.05) is 11.6 Å². The predicted octanol–water partition coefficient (Wildman–Crippen LogP) is 5.86. The van der Waals surface area contributed by atoms with Crippen molar-refractivity contribution < 1.29 is 19.0 Å². The number of fused-ring (bicyclic) bond motifs is 1. The zero-order valence-electron chi connectivity index (χ0n) is 20.1. The number of nitrogens with zero attached hydrogens (tertiary/aromatic N) is 1. The molecular formula is C29H28N2O4. The van der Waals surface area contributed by atoms with Crippen molar-refractivity contribution in [1.29, 1.82) is 5.26 Å². The summed E-state index contributed by atoms with van der Waals surface area (Å²) in [7, 11) is 0. The van der Waals surface area contributed by atoms with Crippen LogP contribution in [0.5, 0.6) is 17.2 Å². The number of allylic oxidation sites excluding steroid dienone is 1. The first-order valence-electron chi connectivity index (χ1n) is 11.6. The molecule has 0 saturated carbocycles. The standard InChI is InChI=1S/C29H28N2O4/c1-18(2)13-14-33-21-9-6-8-20(15-21)27-24-12-11-22(16-26(24)35-28(31)25(27)17-30)34-29(32)23-10-5-4-7-19(23)3/h4-12,15-16,18,27H,13-14,31H2,1-3H3. The molecule has 1 atom stereocenters. The predicted molar refractivity (Wildman–Crippen MR) is 133 cm³/mol. The third kappa shape index (κ3) is 5.30. The summed E-state index contributed by atoms with van der Waals surface area (Å²) >= 11 is 0. The third-order valence-corrected chi connectivity index (χ3v) is 5.92. The van der Waals surface area contributed by atoms with Gasteiger partial charge in [-0.25, -0.2) is 4.79 Å². The molecule has 0 fully saturated rings. The molecule has 2 N–H and O–H groups in total. The van der Waals surface area contributed by atoms with Crippen LogP contribution in [0.1, 0.15) is 53.2 Å². The lowest BCUT2D eigenvalue weighted by Crippen LogP contribution is -2.21. The van der Waals surface area contributed by atoms with Crippen molar-refractivity contribution in [3.63, 3.8) is 0 Å². The van der Waals surface area contributed by atoms with E-state index in [-0.39, 0.29) is 5.88 Å². The number of carbonyl (C=O) groups is 1. The molecule has 3 aromatic rings. The first-order valence-corrected chi connectivity index (χ1v) is 11.6. The van der Waals surface area contributed by atoms with Crippen LogP contribution in [0, 0.1) is 24.2 Å². The van der Waals surface area contributed by atoms with Crippen LogP contribution in [0.2, 0.25) is 0 Å². The van der Waals surface area contributed by atoms with Crippen molar-refractivity contribution >= 4 is 5.97 Å². The summed E-state index contributed by atoms with van der Waals surface area (Å²) in [4.78, 5) is 12.7. The van der Waals surface area contributed by atoms with Gasteiger partial charge in [-0.15, -0.1) is 0 Å². The summed E-state index contributed by atoms with van der Waals surface area (Å²) in [6.07, 6.45) is 0.949. The molecule has 1 unspecified atom stereocenters. The highest BCUT2D eigenvalue weighted by molar-refractivity contribution is 5.92. The van der Waals surface area contributed by atoms with Crippen LogP contribution >= 0.6 is 0 Å². The molecule has 6 heteroatoms. The van der Waals surface area contributed by atoms with Crippen LogP contribution in [0.25, 0.3) is 0 Å². The van der Waals surface area contributed by atoms with E-state index in [1.165, 1.54) is 0 Å². The molecule has 4 rings (SSSR count). The second-order valence-corrected chi connectivity index (χ2v) is 8.93. The Morgan fingerprint density at radius 3 is 2.63 bits per heavy atom. The number of nitriles is 1. The van der Waals surface area contributed by atoms with Crippen LogP contribution in [0.4, 0.5) is 0 Å². The molecule has 1 heterocycles. The Labute approximate surface area is 205 Å². The van der Waals surface area contributed by atoms with Gasteiger partial charge in [-0.1, -0.05) is 50.2 Å². The summed E-state index contributed by atoms with van der Waals surface area (Å²) in [5.41, 5.74) is 9.40. The maximum absolute atomic E-state index is 12.7. The van der Waals surface area contributed by atoms with Gasteiger partial charge in [0.1, 0.15) is 28.9 Å². The van der Waals surface area contributed by atoms with Gasteiger partial charge in [-0.3, -0.25) is 0 Å². The molecule has 0 aliphatic carbocycles. The molecule has 0 spiro atoms. The normalized spacial score (nSPS) is 14.7. The van der Waals surface area contributed by atoms with Crippen LogP contribution in [-0.2, 0) is 0 Å². The summed E-state index contributed by atoms with van der Waals surface area (Å²) in [6.45, 7) is 6.77. The average Bonchev–Trinajstić information content (AvgIpc) is 2.83. The van der Waals surface area contributed by atoms with Crippen molar-refractivity contribution in [3.05, 3.63) is 100 Å². The molecule has 0 amide bonds. The Morgan fingerprint density at radius 2 is 1.89 bits per heavy atom. The number of nitrogens with two attached hydrogens (primary N) is 1. The van der Waals surface area contributed by atoms with E-state index in [0.717, 1.165) is 28.9 Å². The number of aryl methyl sites for hydroxylation is 1. The molecular weight excluding hydrogens is 440 g/mol. The Kier molecular flexibility index (Phi) is 7.07. The average molecular weight is 469 g/mol. The first-order chi connectivity index (χ1) is 16.9. The minimum atomic E-state index is -0.456. The van der Waals surface area contributed by atoms with E-state index in [0.29, 0.717) is 35.2 Å². The largest absolute Gasteiger partial charge is 0.494 e. The van der Waals surface area contributed by atoms with E-state index >= 15 is 0 Å². The second-order valence-electron chi connectivity index (χ2n) is 8.93. The lowest BCUT2D eigenvalue weighted by atomic mass is 9.83. The van der Waals surface area contributed by atoms with Gasteiger partial charge in [0.15, 0.2) is 0 Å². The highest BCUT2D eigenvalue weighted by Crippen LogP contribution is 2.44. The summed E-state index contributed by atoms with van der Waals surface area (Å²) in [5, 5.41) is 9.85. The maximum atomic E-state index is 12.7. The van der Waals surface area contributed by atoms with Crippen molar-refractivity contribution in [2.24, 2.45) is 11.7 Å². The van der Waals surface area contributed by atoms with Crippen LogP contribution < -0.4 is 19.9 Å². The highest BCUT2D eigenvalue weighted by Gasteiger charge is 2.31. The summed E-state index contributed by atoms with van der Waals surface area (Å²) in [5.74, 6) is 1.18. The van der Waals surface area contributed by atoms with Crippen molar-refractivity contribution in [3.8, 4) is 23.3 Å². The lowest BCUT2D eigenvalue weighted by Gasteiger charge is -2.27. The molecule has 3 aromatic carbocycles. The van der Waals surface area contributed by atoms with Gasteiger partial charge >= 0.3 is 5.97 Å². The number of hydrogen-bond acceptors (Lipinski definition) is 6. The van der Waals surface area contributed by atoms with E-state index in [1.54, 1.807) is 30.3 Å². The molecule has 0 aromatic heterocycles. The van der Waals surface area contributed by atoms with Crippen molar-refractivity contribution in [2.75, 3.05) is 6.61 Å². The number of ether oxygens (including phenoxy) is 3. The minimum absolute atomic E-state index is 0.0264. The minimum Gasteiger partial charge on any atom is -0.494 e. The van der Waals surface area contributed by atoms with Gasteiger partial charge in [0.25, 0.3) is 0 Å². The number of esters is 1. The fourth-order valence-corrected chi connectivity index (χ4v) is 4.00. The van der Waals surface area contributed by atoms with Gasteiger partial charge in [0.05, 0.1) is 18.1 Å². The fraction of sp³-hybridized carbons (Fsp3) is 0.241. The second kappa shape index (κ2) is 10.4. The highest BCUT2D eigenvalue weighted by atomic mass is 16.5. The van der Waals surface area contributed by atoms with Crippen LogP contribution in [0.15, 0.2) is 78.2 Å². The molecule has 0 radical (unpaired) electrons. The van der Waals surface area contributed by atoms with E-state index in [4.69, 9.17) is 19.9 Å². The summed E-state index contributed by atoms with van der Waals surface area (Å²) in [6, 6.07) is 22.2. The van der Waals surface area contributed by atoms with Crippen molar-refractivity contribution in [1.82, 2.24) is 0 Å². The SMILES string of the molecule is Cc1ccccc1C(=O)Oc1ccc2c(c1)OC(N)=C(C#N)C2c1cccc(OCCC(C)C)c1. The van der Waals surface area contributed by atoms with Gasteiger partial charge < -0.3 is 19.9 Å². The third-order valence-electron chi connectivity index (χ3n) is 5.92. The molecule has 178 valence electrons. The van der Waals surface area contributed by atoms with Crippen LogP contribution in [-0.4, -0.2) is 12.6 Å². The topological polar surface area (TPSA) is 94.6 Å². The Morgan fingerprint density at radius 1 is 1.09 bits per heavy atom. The van der Waals surface area contributed by atoms with E-state index in [9.17, 15) is 10.1 Å². The number of benzene rings is 3.